The van der Waals surface area contributed by atoms with Gasteiger partial charge in [0.05, 0.1) is 35.8 Å². The van der Waals surface area contributed by atoms with Crippen LogP contribution < -0.4 is 15.2 Å². The fourth-order valence-corrected chi connectivity index (χ4v) is 4.37. The summed E-state index contributed by atoms with van der Waals surface area (Å²) in [5, 5.41) is 0.347. The molecule has 7 nitrogen and oxygen atoms in total. The zero-order valence-electron chi connectivity index (χ0n) is 16.4. The topological polar surface area (TPSA) is 102 Å². The molecule has 1 atom stereocenters. The van der Waals surface area contributed by atoms with E-state index in [-0.39, 0.29) is 24.4 Å². The first-order chi connectivity index (χ1) is 12.6. The van der Waals surface area contributed by atoms with Crippen LogP contribution in [-0.4, -0.2) is 51.7 Å². The minimum absolute atomic E-state index is 0. The minimum atomic E-state index is -3.22. The number of halogens is 2. The fourth-order valence-electron chi connectivity index (χ4n) is 3.44. The summed E-state index contributed by atoms with van der Waals surface area (Å²) in [5.74, 6) is 0.867. The highest BCUT2D eigenvalue weighted by Crippen LogP contribution is 2.31. The number of nitrogens with zero attached hydrogens (tertiary/aromatic N) is 1. The first kappa shape index (κ1) is 25.0. The van der Waals surface area contributed by atoms with Crippen molar-refractivity contribution in [3.63, 3.8) is 0 Å². The van der Waals surface area contributed by atoms with Gasteiger partial charge in [-0.1, -0.05) is 11.6 Å². The predicted molar refractivity (Wildman–Crippen MR) is 115 cm³/mol. The zero-order valence-corrected chi connectivity index (χ0v) is 18.8. The van der Waals surface area contributed by atoms with E-state index < -0.39 is 10.0 Å². The van der Waals surface area contributed by atoms with E-state index in [1.54, 1.807) is 12.1 Å². The van der Waals surface area contributed by atoms with E-state index in [1.807, 2.05) is 6.92 Å². The summed E-state index contributed by atoms with van der Waals surface area (Å²) in [7, 11) is -1.72. The third kappa shape index (κ3) is 7.08. The molecule has 0 radical (unpaired) electrons. The van der Waals surface area contributed by atoms with Crippen molar-refractivity contribution in [3.05, 3.63) is 22.7 Å². The molecule has 0 aliphatic carbocycles. The number of likely N-dealkylation sites (tertiary alicyclic amines) is 1. The number of piperidine rings is 1. The van der Waals surface area contributed by atoms with Crippen LogP contribution in [-0.2, 0) is 10.0 Å². The van der Waals surface area contributed by atoms with Crippen molar-refractivity contribution in [1.82, 2.24) is 9.62 Å². The Morgan fingerprint density at radius 2 is 2.00 bits per heavy atom. The molecular weight excluding hydrogens is 425 g/mol. The summed E-state index contributed by atoms with van der Waals surface area (Å²) < 4.78 is 30.6. The number of Topliss-reactive ketones (excluding diaryl/α,β-unsaturated/α-hetero) is 1. The molecule has 10 heteroatoms. The molecule has 0 bridgehead atoms. The zero-order chi connectivity index (χ0) is 20.2. The van der Waals surface area contributed by atoms with Gasteiger partial charge in [0.25, 0.3) is 0 Å². The Labute approximate surface area is 178 Å². The van der Waals surface area contributed by atoms with E-state index in [0.717, 1.165) is 32.4 Å². The number of sulfonamides is 1. The third-order valence-corrected chi connectivity index (χ3v) is 6.08. The van der Waals surface area contributed by atoms with Gasteiger partial charge in [0.15, 0.2) is 5.78 Å². The van der Waals surface area contributed by atoms with Crippen LogP contribution in [0.2, 0.25) is 5.02 Å². The van der Waals surface area contributed by atoms with Crippen LogP contribution >= 0.6 is 24.0 Å². The lowest BCUT2D eigenvalue weighted by molar-refractivity contribution is 0.0946. The van der Waals surface area contributed by atoms with Crippen molar-refractivity contribution in [3.8, 4) is 5.75 Å². The Morgan fingerprint density at radius 1 is 1.39 bits per heavy atom. The number of hydrogen-bond donors (Lipinski definition) is 2. The van der Waals surface area contributed by atoms with Crippen molar-refractivity contribution in [1.29, 1.82) is 0 Å². The summed E-state index contributed by atoms with van der Waals surface area (Å²) in [5.41, 5.74) is 6.60. The molecule has 0 amide bonds. The Hall–Kier alpha value is -1.06. The van der Waals surface area contributed by atoms with E-state index >= 15 is 0 Å². The van der Waals surface area contributed by atoms with Crippen LogP contribution in [0.1, 0.15) is 43.0 Å². The number of nitrogen functional groups attached to an aromatic ring is 1. The molecule has 1 unspecified atom stereocenters. The van der Waals surface area contributed by atoms with Gasteiger partial charge in [-0.15, -0.1) is 12.4 Å². The first-order valence-corrected chi connectivity index (χ1v) is 11.2. The van der Waals surface area contributed by atoms with Gasteiger partial charge >= 0.3 is 0 Å². The second-order valence-electron chi connectivity index (χ2n) is 7.08. The van der Waals surface area contributed by atoms with E-state index in [9.17, 15) is 13.2 Å². The average Bonchev–Trinajstić information content (AvgIpc) is 2.60. The third-order valence-electron chi connectivity index (χ3n) is 4.98. The quantitative estimate of drug-likeness (QED) is 0.463. The summed E-state index contributed by atoms with van der Waals surface area (Å²) in [6, 6.07) is 3.14. The standard InChI is InChI=1S/C18H28ClN3O4S.ClH/c1-12(21-27(3,24)25)22-8-6-13(7-9-22)4-5-17(23)14-10-15(19)16(20)11-18(14)26-2;/h10-13,21H,4-9,20H2,1-3H3;1H. The second-order valence-corrected chi connectivity index (χ2v) is 9.27. The molecule has 2 rings (SSSR count). The molecule has 1 fully saturated rings. The lowest BCUT2D eigenvalue weighted by atomic mass is 9.90. The van der Waals surface area contributed by atoms with Crippen LogP contribution in [0.4, 0.5) is 5.69 Å². The normalized spacial score (nSPS) is 17.0. The Kier molecular flexibility index (Phi) is 9.49. The predicted octanol–water partition coefficient (Wildman–Crippen LogP) is 2.92. The van der Waals surface area contributed by atoms with E-state index in [0.29, 0.717) is 34.4 Å². The number of nitrogens with two attached hydrogens (primary N) is 1. The van der Waals surface area contributed by atoms with E-state index in [1.165, 1.54) is 13.4 Å². The average molecular weight is 454 g/mol. The molecule has 1 aliphatic heterocycles. The smallest absolute Gasteiger partial charge is 0.210 e. The fraction of sp³-hybridized carbons (Fsp3) is 0.611. The number of methoxy groups -OCH3 is 1. The lowest BCUT2D eigenvalue weighted by Gasteiger charge is -2.35. The largest absolute Gasteiger partial charge is 0.496 e. The van der Waals surface area contributed by atoms with Crippen molar-refractivity contribution in [2.75, 3.05) is 32.2 Å². The van der Waals surface area contributed by atoms with Crippen molar-refractivity contribution in [2.24, 2.45) is 5.92 Å². The minimum Gasteiger partial charge on any atom is -0.496 e. The molecule has 160 valence electrons. The molecule has 1 saturated heterocycles. The highest BCUT2D eigenvalue weighted by atomic mass is 35.5. The highest BCUT2D eigenvalue weighted by molar-refractivity contribution is 7.88. The number of anilines is 1. The molecule has 0 saturated carbocycles. The van der Waals surface area contributed by atoms with Crippen molar-refractivity contribution in [2.45, 2.75) is 38.8 Å². The summed E-state index contributed by atoms with van der Waals surface area (Å²) in [6.07, 6.45) is 4.01. The van der Waals surface area contributed by atoms with E-state index in [4.69, 9.17) is 22.1 Å². The number of carbonyl (C=O) groups is 1. The van der Waals surface area contributed by atoms with Gasteiger partial charge in [0.1, 0.15) is 5.75 Å². The van der Waals surface area contributed by atoms with Gasteiger partial charge in [-0.3, -0.25) is 9.69 Å². The van der Waals surface area contributed by atoms with Gasteiger partial charge in [0, 0.05) is 12.5 Å². The van der Waals surface area contributed by atoms with Crippen molar-refractivity contribution < 1.29 is 17.9 Å². The number of ether oxygens (including phenoxy) is 1. The van der Waals surface area contributed by atoms with Gasteiger partial charge in [-0.05, 0) is 51.3 Å². The molecule has 1 heterocycles. The lowest BCUT2D eigenvalue weighted by Crippen LogP contribution is -2.49. The Bertz CT molecular complexity index is 781. The molecule has 1 aromatic rings. The van der Waals surface area contributed by atoms with Gasteiger partial charge in [0.2, 0.25) is 10.0 Å². The summed E-state index contributed by atoms with van der Waals surface area (Å²) in [4.78, 5) is 14.7. The number of nitrogens with one attached hydrogen (secondary N) is 1. The van der Waals surface area contributed by atoms with Crippen LogP contribution in [0.25, 0.3) is 0 Å². The molecular formula is C18H29Cl2N3O4S. The van der Waals surface area contributed by atoms with Crippen LogP contribution in [0.5, 0.6) is 5.75 Å². The second kappa shape index (κ2) is 10.6. The van der Waals surface area contributed by atoms with Crippen molar-refractivity contribution >= 4 is 45.5 Å². The first-order valence-electron chi connectivity index (χ1n) is 8.98. The summed E-state index contributed by atoms with van der Waals surface area (Å²) in [6.45, 7) is 3.46. The Morgan fingerprint density at radius 3 is 2.54 bits per heavy atom. The molecule has 1 aliphatic rings. The van der Waals surface area contributed by atoms with Crippen LogP contribution in [0.3, 0.4) is 0 Å². The number of benzene rings is 1. The maximum Gasteiger partial charge on any atom is 0.210 e. The highest BCUT2D eigenvalue weighted by Gasteiger charge is 2.25. The van der Waals surface area contributed by atoms with E-state index in [2.05, 4.69) is 9.62 Å². The van der Waals surface area contributed by atoms with Gasteiger partial charge < -0.3 is 10.5 Å². The number of rotatable bonds is 8. The number of carbonyl (C=O) groups excluding carboxylic acids is 1. The molecule has 28 heavy (non-hydrogen) atoms. The van der Waals surface area contributed by atoms with Gasteiger partial charge in [-0.25, -0.2) is 8.42 Å². The molecule has 0 spiro atoms. The number of hydrogen-bond acceptors (Lipinski definition) is 6. The molecule has 3 N–H and O–H groups in total. The maximum atomic E-state index is 12.6. The molecule has 0 aromatic heterocycles. The number of ketones is 1. The summed E-state index contributed by atoms with van der Waals surface area (Å²) >= 11 is 6.04. The maximum absolute atomic E-state index is 12.6. The molecule has 1 aromatic carbocycles. The van der Waals surface area contributed by atoms with Crippen LogP contribution in [0.15, 0.2) is 12.1 Å². The van der Waals surface area contributed by atoms with Gasteiger partial charge in [-0.2, -0.15) is 4.72 Å². The monoisotopic (exact) mass is 453 g/mol. The Balaban J connectivity index is 0.00000392. The van der Waals surface area contributed by atoms with Crippen LogP contribution in [0, 0.1) is 5.92 Å². The SMILES string of the molecule is COc1cc(N)c(Cl)cc1C(=O)CCC1CCN(C(C)NS(C)(=O)=O)CC1.Cl.